The summed E-state index contributed by atoms with van der Waals surface area (Å²) in [7, 11) is 0. The molecule has 1 N–H and O–H groups in total. The Labute approximate surface area is 139 Å². The zero-order valence-electron chi connectivity index (χ0n) is 14.6. The second-order valence-electron chi connectivity index (χ2n) is 7.31. The molecule has 1 saturated heterocycles. The van der Waals surface area contributed by atoms with Gasteiger partial charge in [0.15, 0.2) is 0 Å². The molecule has 2 aromatic rings. The molecule has 0 saturated carbocycles. The topological polar surface area (TPSA) is 41.1 Å². The van der Waals surface area contributed by atoms with Gasteiger partial charge in [-0.3, -0.25) is 0 Å². The van der Waals surface area contributed by atoms with Crippen molar-refractivity contribution in [3.05, 3.63) is 41.7 Å². The first-order valence-electron chi connectivity index (χ1n) is 8.40. The van der Waals surface area contributed by atoms with E-state index in [0.717, 1.165) is 36.2 Å². The maximum Gasteiger partial charge on any atom is 0.136 e. The lowest BCUT2D eigenvalue weighted by Crippen LogP contribution is -2.19. The maximum atomic E-state index is 4.58. The summed E-state index contributed by atoms with van der Waals surface area (Å²) in [6.07, 6.45) is 2.50. The first kappa shape index (κ1) is 15.8. The first-order valence-corrected chi connectivity index (χ1v) is 8.40. The summed E-state index contributed by atoms with van der Waals surface area (Å²) in [6.45, 7) is 10.8. The third-order valence-corrected chi connectivity index (χ3v) is 4.28. The van der Waals surface area contributed by atoms with E-state index in [4.69, 9.17) is 0 Å². The molecule has 1 aliphatic heterocycles. The van der Waals surface area contributed by atoms with Gasteiger partial charge < -0.3 is 10.2 Å². The van der Waals surface area contributed by atoms with Crippen molar-refractivity contribution >= 4 is 17.3 Å². The van der Waals surface area contributed by atoms with Gasteiger partial charge in [-0.2, -0.15) is 0 Å². The highest BCUT2D eigenvalue weighted by atomic mass is 15.2. The van der Waals surface area contributed by atoms with Gasteiger partial charge in [-0.25, -0.2) is 9.97 Å². The minimum atomic E-state index is 0.174. The molecule has 4 heteroatoms. The van der Waals surface area contributed by atoms with Crippen LogP contribution in [0.25, 0.3) is 0 Å². The molecular formula is C19H26N4. The smallest absolute Gasteiger partial charge is 0.136 e. The third-order valence-electron chi connectivity index (χ3n) is 4.28. The van der Waals surface area contributed by atoms with Crippen LogP contribution in [0.15, 0.2) is 30.3 Å². The molecule has 1 aliphatic rings. The fraction of sp³-hybridized carbons (Fsp3) is 0.474. The van der Waals surface area contributed by atoms with Crippen LogP contribution in [0.4, 0.5) is 17.3 Å². The SMILES string of the molecule is Cc1nc(Nc2ccc(C(C)(C)C)cc2)cc(N2CCCC2)n1. The van der Waals surface area contributed by atoms with Gasteiger partial charge in [0.05, 0.1) is 0 Å². The molecule has 3 rings (SSSR count). The van der Waals surface area contributed by atoms with Gasteiger partial charge in [0.2, 0.25) is 0 Å². The summed E-state index contributed by atoms with van der Waals surface area (Å²) >= 11 is 0. The molecular weight excluding hydrogens is 284 g/mol. The predicted octanol–water partition coefficient (Wildman–Crippen LogP) is 4.43. The van der Waals surface area contributed by atoms with Crippen LogP contribution in [-0.4, -0.2) is 23.1 Å². The quantitative estimate of drug-likeness (QED) is 0.910. The van der Waals surface area contributed by atoms with Gasteiger partial charge in [-0.05, 0) is 42.9 Å². The van der Waals surface area contributed by atoms with Crippen molar-refractivity contribution < 1.29 is 0 Å². The number of aryl methyl sites for hydroxylation is 1. The zero-order valence-corrected chi connectivity index (χ0v) is 14.6. The van der Waals surface area contributed by atoms with Gasteiger partial charge in [-0.1, -0.05) is 32.9 Å². The number of hydrogen-bond donors (Lipinski definition) is 1. The van der Waals surface area contributed by atoms with E-state index in [2.05, 4.69) is 71.3 Å². The zero-order chi connectivity index (χ0) is 16.4. The summed E-state index contributed by atoms with van der Waals surface area (Å²) in [4.78, 5) is 11.4. The molecule has 0 bridgehead atoms. The Morgan fingerprint density at radius 2 is 1.65 bits per heavy atom. The van der Waals surface area contributed by atoms with E-state index >= 15 is 0 Å². The fourth-order valence-electron chi connectivity index (χ4n) is 2.93. The lowest BCUT2D eigenvalue weighted by molar-refractivity contribution is 0.590. The molecule has 1 aromatic heterocycles. The van der Waals surface area contributed by atoms with E-state index in [1.165, 1.54) is 18.4 Å². The second-order valence-corrected chi connectivity index (χ2v) is 7.31. The van der Waals surface area contributed by atoms with Crippen LogP contribution in [0.3, 0.4) is 0 Å². The van der Waals surface area contributed by atoms with Crippen LogP contribution < -0.4 is 10.2 Å². The highest BCUT2D eigenvalue weighted by Gasteiger charge is 2.16. The Kier molecular flexibility index (Phi) is 4.24. The van der Waals surface area contributed by atoms with Crippen LogP contribution >= 0.6 is 0 Å². The van der Waals surface area contributed by atoms with Crippen molar-refractivity contribution in [3.8, 4) is 0 Å². The van der Waals surface area contributed by atoms with Crippen molar-refractivity contribution in [3.63, 3.8) is 0 Å². The standard InChI is InChI=1S/C19H26N4/c1-14-20-17(13-18(21-14)23-11-5-6-12-23)22-16-9-7-15(8-10-16)19(2,3)4/h7-10,13H,5-6,11-12H2,1-4H3,(H,20,21,22). The predicted molar refractivity (Wildman–Crippen MR) is 96.6 cm³/mol. The summed E-state index contributed by atoms with van der Waals surface area (Å²) in [5.41, 5.74) is 2.57. The molecule has 2 heterocycles. The van der Waals surface area contributed by atoms with E-state index < -0.39 is 0 Å². The molecule has 122 valence electrons. The fourth-order valence-corrected chi connectivity index (χ4v) is 2.93. The average Bonchev–Trinajstić information content (AvgIpc) is 3.00. The Balaban J connectivity index is 1.79. The minimum absolute atomic E-state index is 0.174. The monoisotopic (exact) mass is 310 g/mol. The Morgan fingerprint density at radius 3 is 2.26 bits per heavy atom. The van der Waals surface area contributed by atoms with Gasteiger partial charge in [0, 0.05) is 24.8 Å². The van der Waals surface area contributed by atoms with Gasteiger partial charge in [0.25, 0.3) is 0 Å². The summed E-state index contributed by atoms with van der Waals surface area (Å²) in [6, 6.07) is 10.6. The molecule has 0 aliphatic carbocycles. The highest BCUT2D eigenvalue weighted by Crippen LogP contribution is 2.26. The summed E-state index contributed by atoms with van der Waals surface area (Å²) < 4.78 is 0. The van der Waals surface area contributed by atoms with Crippen LogP contribution in [0.2, 0.25) is 0 Å². The molecule has 4 nitrogen and oxygen atoms in total. The minimum Gasteiger partial charge on any atom is -0.356 e. The molecule has 0 radical (unpaired) electrons. The summed E-state index contributed by atoms with van der Waals surface area (Å²) in [5.74, 6) is 2.70. The van der Waals surface area contributed by atoms with Gasteiger partial charge >= 0.3 is 0 Å². The molecule has 23 heavy (non-hydrogen) atoms. The lowest BCUT2D eigenvalue weighted by Gasteiger charge is -2.20. The van der Waals surface area contributed by atoms with Crippen LogP contribution in [0, 0.1) is 6.92 Å². The number of nitrogens with one attached hydrogen (secondary N) is 1. The van der Waals surface area contributed by atoms with Crippen molar-refractivity contribution in [2.45, 2.75) is 46.0 Å². The van der Waals surface area contributed by atoms with Crippen LogP contribution in [0.5, 0.6) is 0 Å². The highest BCUT2D eigenvalue weighted by molar-refractivity contribution is 5.60. The van der Waals surface area contributed by atoms with E-state index in [1.807, 2.05) is 6.92 Å². The van der Waals surface area contributed by atoms with E-state index in [0.29, 0.717) is 0 Å². The Morgan fingerprint density at radius 1 is 1.00 bits per heavy atom. The van der Waals surface area contributed by atoms with Crippen LogP contribution in [-0.2, 0) is 5.41 Å². The molecule has 0 atom stereocenters. The number of nitrogens with zero attached hydrogens (tertiary/aromatic N) is 3. The first-order chi connectivity index (χ1) is 10.9. The van der Waals surface area contributed by atoms with Crippen molar-refractivity contribution in [2.24, 2.45) is 0 Å². The normalized spacial score (nSPS) is 15.0. The molecule has 0 spiro atoms. The van der Waals surface area contributed by atoms with Gasteiger partial charge in [0.1, 0.15) is 17.5 Å². The van der Waals surface area contributed by atoms with Crippen molar-refractivity contribution in [1.82, 2.24) is 9.97 Å². The average molecular weight is 310 g/mol. The second kappa shape index (κ2) is 6.19. The van der Waals surface area contributed by atoms with Crippen molar-refractivity contribution in [2.75, 3.05) is 23.3 Å². The maximum absolute atomic E-state index is 4.58. The van der Waals surface area contributed by atoms with Crippen molar-refractivity contribution in [1.29, 1.82) is 0 Å². The number of anilines is 3. The molecule has 0 unspecified atom stereocenters. The Hall–Kier alpha value is -2.10. The lowest BCUT2D eigenvalue weighted by atomic mass is 9.87. The Bertz CT molecular complexity index is 665. The number of hydrogen-bond acceptors (Lipinski definition) is 4. The largest absolute Gasteiger partial charge is 0.356 e. The molecule has 0 amide bonds. The number of aromatic nitrogens is 2. The van der Waals surface area contributed by atoms with E-state index in [9.17, 15) is 0 Å². The third kappa shape index (κ3) is 3.81. The molecule has 1 fully saturated rings. The van der Waals surface area contributed by atoms with Crippen LogP contribution in [0.1, 0.15) is 45.0 Å². The van der Waals surface area contributed by atoms with E-state index in [-0.39, 0.29) is 5.41 Å². The summed E-state index contributed by atoms with van der Waals surface area (Å²) in [5, 5.41) is 3.41. The number of benzene rings is 1. The van der Waals surface area contributed by atoms with Gasteiger partial charge in [-0.15, -0.1) is 0 Å². The van der Waals surface area contributed by atoms with E-state index in [1.54, 1.807) is 0 Å². The number of rotatable bonds is 3. The molecule has 1 aromatic carbocycles.